The van der Waals surface area contributed by atoms with Crippen LogP contribution in [0.1, 0.15) is 293 Å². The summed E-state index contributed by atoms with van der Waals surface area (Å²) in [7, 11) is -5.56. The maximum atomic E-state index is 11.2. The van der Waals surface area contributed by atoms with E-state index in [0.717, 1.165) is 0 Å². The Balaban J connectivity index is -0.000000896. The number of hydrogen-bond donors (Lipinski definition) is 5. The SMILES string of the molecule is CCCCCC[NH+](CCCCCC)CCCCCC.CCCCCC[NH+](CCCCCC)CCCCCC.CCCCCC[NH+](CCCCCC)CCCCCC.O=C1O[C@H]([C@@H](O)CO)C([O-])=C1OP(=O)([O-])[O-]. The highest BCUT2D eigenvalue weighted by atomic mass is 31.2. The van der Waals surface area contributed by atoms with E-state index in [9.17, 15) is 24.3 Å². The number of esters is 1. The standard InChI is InChI=1S/3C18H39N.C6H9O9P/c3*1-4-7-10-13-16-19(17-14-11-8-5-2)18-15-12-9-6-3;7-1-2(8)4-3(9)5(6(10)14-4)15-16(11,12)13/h3*4-18H2,1-3H3;2,4,7-9H,1H2,(H2,11,12,13)/t;;;2-,4+/m...0/s1. The third-order valence-corrected chi connectivity index (χ3v) is 14.5. The normalized spacial score (nSPS) is 14.0. The minimum Gasteiger partial charge on any atom is -0.870 e. The summed E-state index contributed by atoms with van der Waals surface area (Å²) in [6.07, 6.45) is 47.7. The Kier molecular flexibility index (Phi) is 60.8. The van der Waals surface area contributed by atoms with Gasteiger partial charge >= 0.3 is 5.97 Å². The highest BCUT2D eigenvalue weighted by Gasteiger charge is 2.35. The summed E-state index contributed by atoms with van der Waals surface area (Å²) >= 11 is 0. The zero-order valence-electron chi connectivity index (χ0n) is 49.9. The number of unbranched alkanes of at least 4 members (excludes halogenated alkanes) is 27. The molecule has 1 rings (SSSR count). The summed E-state index contributed by atoms with van der Waals surface area (Å²) in [6, 6.07) is 0. The molecule has 73 heavy (non-hydrogen) atoms. The van der Waals surface area contributed by atoms with Crippen molar-refractivity contribution in [1.82, 2.24) is 0 Å². The van der Waals surface area contributed by atoms with E-state index in [1.165, 1.54) is 290 Å². The van der Waals surface area contributed by atoms with Crippen LogP contribution in [0.5, 0.6) is 0 Å². The Bertz CT molecular complexity index is 1040. The smallest absolute Gasteiger partial charge is 0.373 e. The second-order valence-corrected chi connectivity index (χ2v) is 22.4. The molecule has 1 heterocycles. The van der Waals surface area contributed by atoms with Crippen LogP contribution in [-0.2, 0) is 18.6 Å². The van der Waals surface area contributed by atoms with Crippen LogP contribution in [-0.4, -0.2) is 93.9 Å². The van der Waals surface area contributed by atoms with Gasteiger partial charge in [-0.25, -0.2) is 4.79 Å². The summed E-state index contributed by atoms with van der Waals surface area (Å²) in [4.78, 5) is 36.9. The van der Waals surface area contributed by atoms with E-state index in [4.69, 9.17) is 10.2 Å². The fourth-order valence-electron chi connectivity index (χ4n) is 9.34. The highest BCUT2D eigenvalue weighted by Crippen LogP contribution is 2.34. The topological polar surface area (TPSA) is 176 Å². The molecule has 0 aromatic heterocycles. The molecule has 1 aliphatic heterocycles. The molecule has 0 amide bonds. The number of hydrogen-bond acceptors (Lipinski definition) is 9. The van der Waals surface area contributed by atoms with Crippen LogP contribution >= 0.6 is 7.82 Å². The van der Waals surface area contributed by atoms with Crippen molar-refractivity contribution in [1.29, 1.82) is 0 Å². The second kappa shape index (κ2) is 58.4. The first-order chi connectivity index (χ1) is 35.3. The number of carbonyl (C=O) groups excluding carboxylic acids is 1. The van der Waals surface area contributed by atoms with Gasteiger partial charge in [0.1, 0.15) is 20.0 Å². The van der Waals surface area contributed by atoms with Crippen molar-refractivity contribution in [2.75, 3.05) is 65.5 Å². The number of ether oxygens (including phenoxy) is 1. The Morgan fingerprint density at radius 3 is 0.808 bits per heavy atom. The third kappa shape index (κ3) is 52.6. The van der Waals surface area contributed by atoms with Crippen molar-refractivity contribution in [3.8, 4) is 0 Å². The van der Waals surface area contributed by atoms with E-state index in [1.54, 1.807) is 0 Å². The number of carbonyl (C=O) groups is 1. The van der Waals surface area contributed by atoms with E-state index < -0.39 is 44.1 Å². The molecule has 0 fully saturated rings. The lowest BCUT2D eigenvalue weighted by molar-refractivity contribution is -0.901. The molecular formula is C60H126N3O9P. The molecule has 0 aromatic rings. The Morgan fingerprint density at radius 2 is 0.644 bits per heavy atom. The number of nitrogens with one attached hydrogen (secondary N) is 3. The molecule has 12 nitrogen and oxygen atoms in total. The molecule has 440 valence electrons. The van der Waals surface area contributed by atoms with Crippen molar-refractivity contribution in [2.45, 2.75) is 306 Å². The monoisotopic (exact) mass is 1060 g/mol. The summed E-state index contributed by atoms with van der Waals surface area (Å²) in [5, 5.41) is 28.7. The molecule has 0 spiro atoms. The van der Waals surface area contributed by atoms with Crippen LogP contribution in [0.4, 0.5) is 0 Å². The van der Waals surface area contributed by atoms with Gasteiger partial charge in [-0.1, -0.05) is 178 Å². The zero-order chi connectivity index (χ0) is 55.1. The molecule has 13 heteroatoms. The van der Waals surface area contributed by atoms with Gasteiger partial charge in [-0.2, -0.15) is 0 Å². The Labute approximate surface area is 453 Å². The number of quaternary nitrogens is 3. The van der Waals surface area contributed by atoms with Gasteiger partial charge in [0.25, 0.3) is 0 Å². The van der Waals surface area contributed by atoms with E-state index in [1.807, 2.05) is 14.7 Å². The van der Waals surface area contributed by atoms with Gasteiger partial charge in [-0.15, -0.1) is 0 Å². The van der Waals surface area contributed by atoms with Gasteiger partial charge < -0.3 is 53.6 Å². The lowest BCUT2D eigenvalue weighted by Gasteiger charge is -2.29. The van der Waals surface area contributed by atoms with Crippen LogP contribution in [0, 0.1) is 0 Å². The molecule has 2 atom stereocenters. The average Bonchev–Trinajstić information content (AvgIpc) is 3.65. The first-order valence-electron chi connectivity index (χ1n) is 31.4. The van der Waals surface area contributed by atoms with Crippen LogP contribution in [0.15, 0.2) is 11.5 Å². The largest absolute Gasteiger partial charge is 0.870 e. The van der Waals surface area contributed by atoms with Gasteiger partial charge in [-0.3, -0.25) is 0 Å². The third-order valence-electron chi connectivity index (χ3n) is 14.1. The molecule has 0 aliphatic carbocycles. The first kappa shape index (κ1) is 76.0. The lowest BCUT2D eigenvalue weighted by atomic mass is 10.1. The number of phosphoric acid groups is 1. The van der Waals surface area contributed by atoms with E-state index in [-0.39, 0.29) is 0 Å². The van der Waals surface area contributed by atoms with Gasteiger partial charge in [0.15, 0.2) is 0 Å². The van der Waals surface area contributed by atoms with Crippen molar-refractivity contribution in [3.63, 3.8) is 0 Å². The summed E-state index contributed by atoms with van der Waals surface area (Å²) in [6.45, 7) is 32.7. The summed E-state index contributed by atoms with van der Waals surface area (Å²) in [5.41, 5.74) is 0. The summed E-state index contributed by atoms with van der Waals surface area (Å²) in [5.74, 6) is -4.10. The molecule has 0 saturated carbocycles. The number of aliphatic hydroxyl groups excluding tert-OH is 2. The van der Waals surface area contributed by atoms with Crippen molar-refractivity contribution in [3.05, 3.63) is 11.5 Å². The molecule has 0 radical (unpaired) electrons. The van der Waals surface area contributed by atoms with Crippen molar-refractivity contribution in [2.24, 2.45) is 0 Å². The first-order valence-corrected chi connectivity index (χ1v) is 32.9. The van der Waals surface area contributed by atoms with Crippen molar-refractivity contribution < 1.29 is 58.4 Å². The van der Waals surface area contributed by atoms with Crippen molar-refractivity contribution >= 4 is 13.8 Å². The molecule has 1 aliphatic rings. The van der Waals surface area contributed by atoms with Gasteiger partial charge in [0.05, 0.1) is 65.5 Å². The van der Waals surface area contributed by atoms with Crippen LogP contribution in [0.2, 0.25) is 0 Å². The van der Waals surface area contributed by atoms with Gasteiger partial charge in [-0.05, 0) is 121 Å². The lowest BCUT2D eigenvalue weighted by Crippen LogP contribution is -3.12. The predicted molar refractivity (Wildman–Crippen MR) is 303 cm³/mol. The van der Waals surface area contributed by atoms with Gasteiger partial charge in [0.2, 0.25) is 5.76 Å². The maximum absolute atomic E-state index is 11.2. The molecule has 0 saturated heterocycles. The molecule has 0 aromatic carbocycles. The average molecular weight is 1060 g/mol. The summed E-state index contributed by atoms with van der Waals surface area (Å²) < 4.78 is 18.0. The molecule has 0 bridgehead atoms. The predicted octanol–water partition coefficient (Wildman–Crippen LogP) is 9.52. The second-order valence-electron chi connectivity index (χ2n) is 21.4. The number of rotatable bonds is 49. The van der Waals surface area contributed by atoms with E-state index in [2.05, 4.69) is 71.6 Å². The highest BCUT2D eigenvalue weighted by molar-refractivity contribution is 7.43. The fourth-order valence-corrected chi connectivity index (χ4v) is 9.72. The van der Waals surface area contributed by atoms with Gasteiger partial charge in [0, 0.05) is 0 Å². The fraction of sp³-hybridized carbons (Fsp3) is 0.950. The zero-order valence-corrected chi connectivity index (χ0v) is 50.8. The minimum absolute atomic E-state index is 0.886. The Hall–Kier alpha value is -1.24. The van der Waals surface area contributed by atoms with E-state index >= 15 is 0 Å². The quantitative estimate of drug-likeness (QED) is 0.0226. The van der Waals surface area contributed by atoms with E-state index in [0.29, 0.717) is 0 Å². The maximum Gasteiger partial charge on any atom is 0.373 e. The minimum atomic E-state index is -5.56. The Morgan fingerprint density at radius 1 is 0.438 bits per heavy atom. The molecular weight excluding hydrogens is 938 g/mol. The number of aliphatic hydroxyl groups is 2. The molecule has 0 unspecified atom stereocenters. The van der Waals surface area contributed by atoms with Crippen LogP contribution in [0.3, 0.4) is 0 Å². The number of cyclic esters (lactones) is 1. The number of phosphoric ester groups is 1. The van der Waals surface area contributed by atoms with Crippen LogP contribution in [0.25, 0.3) is 0 Å². The van der Waals surface area contributed by atoms with Crippen LogP contribution < -0.4 is 29.6 Å². The molecule has 5 N–H and O–H groups in total.